The highest BCUT2D eigenvalue weighted by molar-refractivity contribution is 6.05. The van der Waals surface area contributed by atoms with Gasteiger partial charge in [-0.2, -0.15) is 0 Å². The van der Waals surface area contributed by atoms with Crippen molar-refractivity contribution in [3.63, 3.8) is 0 Å². The van der Waals surface area contributed by atoms with E-state index < -0.39 is 0 Å². The molecule has 0 radical (unpaired) electrons. The number of carbonyl (C=O) groups excluding carboxylic acids is 2. The van der Waals surface area contributed by atoms with Gasteiger partial charge in [0.25, 0.3) is 5.91 Å². The Hall–Kier alpha value is -2.82. The Labute approximate surface area is 128 Å². The van der Waals surface area contributed by atoms with Gasteiger partial charge in [-0.1, -0.05) is 12.1 Å². The third kappa shape index (κ3) is 3.44. The predicted molar refractivity (Wildman–Crippen MR) is 83.9 cm³/mol. The molecule has 112 valence electrons. The number of hydrogen-bond donors (Lipinski definition) is 3. The number of hydrogen-bond acceptors (Lipinski definition) is 3. The molecule has 1 aliphatic rings. The fourth-order valence-electron chi connectivity index (χ4n) is 2.11. The van der Waals surface area contributed by atoms with E-state index in [9.17, 15) is 14.7 Å². The van der Waals surface area contributed by atoms with Crippen molar-refractivity contribution < 1.29 is 14.7 Å². The van der Waals surface area contributed by atoms with Crippen LogP contribution in [0.15, 0.2) is 48.5 Å². The molecule has 3 N–H and O–H groups in total. The van der Waals surface area contributed by atoms with Gasteiger partial charge in [-0.15, -0.1) is 0 Å². The largest absolute Gasteiger partial charge is 0.508 e. The SMILES string of the molecule is O=C(Nc1cccc(O)c1)c1cccc(NC(=O)C2CC2)c1. The molecule has 3 rings (SSSR count). The summed E-state index contributed by atoms with van der Waals surface area (Å²) in [6, 6.07) is 13.1. The minimum absolute atomic E-state index is 0.00513. The third-order valence-electron chi connectivity index (χ3n) is 3.44. The smallest absolute Gasteiger partial charge is 0.255 e. The van der Waals surface area contributed by atoms with E-state index >= 15 is 0 Å². The van der Waals surface area contributed by atoms with Crippen LogP contribution in [0.25, 0.3) is 0 Å². The van der Waals surface area contributed by atoms with Gasteiger partial charge >= 0.3 is 0 Å². The summed E-state index contributed by atoms with van der Waals surface area (Å²) in [4.78, 5) is 23.9. The summed E-state index contributed by atoms with van der Waals surface area (Å²) in [6.07, 6.45) is 1.87. The standard InChI is InChI=1S/C17H16N2O3/c20-15-6-2-5-14(10-15)19-17(22)12-3-1-4-13(9-12)18-16(21)11-7-8-11/h1-6,9-11,20H,7-8H2,(H,18,21)(H,19,22). The second-order valence-corrected chi connectivity index (χ2v) is 5.35. The van der Waals surface area contributed by atoms with Crippen LogP contribution < -0.4 is 10.6 Å². The molecule has 1 saturated carbocycles. The molecule has 0 aliphatic heterocycles. The number of amides is 2. The van der Waals surface area contributed by atoms with Gasteiger partial charge < -0.3 is 15.7 Å². The first kappa shape index (κ1) is 14.1. The molecule has 1 fully saturated rings. The first-order valence-corrected chi connectivity index (χ1v) is 7.13. The third-order valence-corrected chi connectivity index (χ3v) is 3.44. The van der Waals surface area contributed by atoms with Crippen LogP contribution >= 0.6 is 0 Å². The highest BCUT2D eigenvalue weighted by atomic mass is 16.3. The van der Waals surface area contributed by atoms with Crippen molar-refractivity contribution in [1.82, 2.24) is 0 Å². The van der Waals surface area contributed by atoms with Crippen molar-refractivity contribution in [1.29, 1.82) is 0 Å². The van der Waals surface area contributed by atoms with Gasteiger partial charge in [-0.05, 0) is 43.2 Å². The molecule has 22 heavy (non-hydrogen) atoms. The fourth-order valence-corrected chi connectivity index (χ4v) is 2.11. The number of aromatic hydroxyl groups is 1. The summed E-state index contributed by atoms with van der Waals surface area (Å²) in [6.45, 7) is 0. The number of carbonyl (C=O) groups is 2. The van der Waals surface area contributed by atoms with Crippen LogP contribution in [0.1, 0.15) is 23.2 Å². The van der Waals surface area contributed by atoms with Gasteiger partial charge in [0.1, 0.15) is 5.75 Å². The molecule has 0 saturated heterocycles. The minimum atomic E-state index is -0.298. The van der Waals surface area contributed by atoms with Crippen molar-refractivity contribution >= 4 is 23.2 Å². The molecule has 5 nitrogen and oxygen atoms in total. The summed E-state index contributed by atoms with van der Waals surface area (Å²) in [5.74, 6) is -0.0910. The second-order valence-electron chi connectivity index (χ2n) is 5.35. The van der Waals surface area contributed by atoms with Crippen molar-refractivity contribution in [3.05, 3.63) is 54.1 Å². The van der Waals surface area contributed by atoms with E-state index in [1.54, 1.807) is 36.4 Å². The van der Waals surface area contributed by atoms with Crippen molar-refractivity contribution in [2.24, 2.45) is 5.92 Å². The fraction of sp³-hybridized carbons (Fsp3) is 0.176. The molecule has 0 heterocycles. The van der Waals surface area contributed by atoms with E-state index in [0.717, 1.165) is 12.8 Å². The molecule has 5 heteroatoms. The molecule has 2 aromatic carbocycles. The first-order chi connectivity index (χ1) is 10.6. The number of anilines is 2. The van der Waals surface area contributed by atoms with Crippen molar-refractivity contribution in [3.8, 4) is 5.75 Å². The molecule has 0 aromatic heterocycles. The average Bonchev–Trinajstić information content (AvgIpc) is 3.32. The van der Waals surface area contributed by atoms with E-state index in [1.807, 2.05) is 0 Å². The van der Waals surface area contributed by atoms with E-state index in [4.69, 9.17) is 0 Å². The Morgan fingerprint density at radius 3 is 2.32 bits per heavy atom. The van der Waals surface area contributed by atoms with Gasteiger partial charge in [0, 0.05) is 28.9 Å². The quantitative estimate of drug-likeness (QED) is 0.811. The van der Waals surface area contributed by atoms with Crippen molar-refractivity contribution in [2.75, 3.05) is 10.6 Å². The molecule has 2 amide bonds. The topological polar surface area (TPSA) is 78.4 Å². The highest BCUT2D eigenvalue weighted by Gasteiger charge is 2.29. The molecule has 0 spiro atoms. The van der Waals surface area contributed by atoms with Crippen LogP contribution in [0.5, 0.6) is 5.75 Å². The maximum atomic E-state index is 12.2. The normalized spacial score (nSPS) is 13.5. The van der Waals surface area contributed by atoms with Gasteiger partial charge in [0.15, 0.2) is 0 Å². The minimum Gasteiger partial charge on any atom is -0.508 e. The van der Waals surface area contributed by atoms with Gasteiger partial charge in [-0.3, -0.25) is 9.59 Å². The maximum Gasteiger partial charge on any atom is 0.255 e. The second kappa shape index (κ2) is 5.89. The average molecular weight is 296 g/mol. The number of rotatable bonds is 4. The van der Waals surface area contributed by atoms with Crippen LogP contribution in [0, 0.1) is 5.92 Å². The van der Waals surface area contributed by atoms with Crippen molar-refractivity contribution in [2.45, 2.75) is 12.8 Å². The summed E-state index contributed by atoms with van der Waals surface area (Å²) >= 11 is 0. The summed E-state index contributed by atoms with van der Waals surface area (Å²) in [5, 5.41) is 14.9. The lowest BCUT2D eigenvalue weighted by Crippen LogP contribution is -2.15. The zero-order valence-corrected chi connectivity index (χ0v) is 11.9. The van der Waals surface area contributed by atoms with Crippen LogP contribution in [0.4, 0.5) is 11.4 Å². The van der Waals surface area contributed by atoms with Gasteiger partial charge in [-0.25, -0.2) is 0 Å². The number of benzene rings is 2. The maximum absolute atomic E-state index is 12.2. The summed E-state index contributed by atoms with van der Waals surface area (Å²) in [7, 11) is 0. The van der Waals surface area contributed by atoms with Gasteiger partial charge in [0.05, 0.1) is 0 Å². The Morgan fingerprint density at radius 2 is 1.64 bits per heavy atom. The molecule has 0 atom stereocenters. The van der Waals surface area contributed by atoms with E-state index in [2.05, 4.69) is 10.6 Å². The Bertz CT molecular complexity index is 723. The summed E-state index contributed by atoms with van der Waals surface area (Å²) < 4.78 is 0. The molecule has 0 bridgehead atoms. The molecular weight excluding hydrogens is 280 g/mol. The van der Waals surface area contributed by atoms with Gasteiger partial charge in [0.2, 0.25) is 5.91 Å². The summed E-state index contributed by atoms with van der Waals surface area (Å²) in [5.41, 5.74) is 1.56. The van der Waals surface area contributed by atoms with E-state index in [1.165, 1.54) is 12.1 Å². The van der Waals surface area contributed by atoms with Crippen LogP contribution in [-0.2, 0) is 4.79 Å². The predicted octanol–water partition coefficient (Wildman–Crippen LogP) is 2.99. The molecule has 0 unspecified atom stereocenters. The monoisotopic (exact) mass is 296 g/mol. The van der Waals surface area contributed by atoms with Crippen LogP contribution in [0.3, 0.4) is 0 Å². The Balaban J connectivity index is 1.70. The van der Waals surface area contributed by atoms with Crippen LogP contribution in [0.2, 0.25) is 0 Å². The van der Waals surface area contributed by atoms with E-state index in [0.29, 0.717) is 16.9 Å². The Morgan fingerprint density at radius 1 is 0.955 bits per heavy atom. The Kier molecular flexibility index (Phi) is 3.78. The van der Waals surface area contributed by atoms with Crippen LogP contribution in [-0.4, -0.2) is 16.9 Å². The molecular formula is C17H16N2O3. The number of nitrogens with one attached hydrogen (secondary N) is 2. The van der Waals surface area contributed by atoms with E-state index in [-0.39, 0.29) is 23.5 Å². The molecule has 1 aliphatic carbocycles. The number of phenols is 1. The zero-order valence-electron chi connectivity index (χ0n) is 11.9. The lowest BCUT2D eigenvalue weighted by molar-refractivity contribution is -0.117. The number of phenolic OH excluding ortho intramolecular Hbond substituents is 1. The lowest BCUT2D eigenvalue weighted by Gasteiger charge is -2.08. The molecule has 2 aromatic rings. The zero-order chi connectivity index (χ0) is 15.5. The highest BCUT2D eigenvalue weighted by Crippen LogP contribution is 2.30. The lowest BCUT2D eigenvalue weighted by atomic mass is 10.1. The first-order valence-electron chi connectivity index (χ1n) is 7.13.